The lowest BCUT2D eigenvalue weighted by Gasteiger charge is -2.31. The second-order valence-electron chi connectivity index (χ2n) is 9.67. The molecule has 0 heterocycles. The predicted octanol–water partition coefficient (Wildman–Crippen LogP) is 7.03. The SMILES string of the molecule is CCN(CCC(C)(C)C)CC(OCCCc1c(F)cccc1F)c1c(C)cccc1C. The Balaban J connectivity index is 2.09. The zero-order chi connectivity index (χ0) is 23.0. The molecule has 0 aromatic heterocycles. The van der Waals surface area contributed by atoms with Crippen molar-refractivity contribution in [1.29, 1.82) is 0 Å². The predicted molar refractivity (Wildman–Crippen MR) is 125 cm³/mol. The van der Waals surface area contributed by atoms with Gasteiger partial charge in [0.25, 0.3) is 0 Å². The minimum Gasteiger partial charge on any atom is -0.372 e. The van der Waals surface area contributed by atoms with Crippen LogP contribution in [0.1, 0.15) is 68.9 Å². The summed E-state index contributed by atoms with van der Waals surface area (Å²) >= 11 is 0. The fraction of sp³-hybridized carbons (Fsp3) is 0.556. The molecule has 0 amide bonds. The maximum Gasteiger partial charge on any atom is 0.129 e. The van der Waals surface area contributed by atoms with E-state index in [2.05, 4.69) is 64.6 Å². The molecule has 2 rings (SSSR count). The fourth-order valence-electron chi connectivity index (χ4n) is 3.91. The van der Waals surface area contributed by atoms with Crippen LogP contribution in [0.5, 0.6) is 0 Å². The van der Waals surface area contributed by atoms with Crippen LogP contribution >= 0.6 is 0 Å². The number of rotatable bonds is 11. The topological polar surface area (TPSA) is 12.5 Å². The van der Waals surface area contributed by atoms with Crippen LogP contribution in [0.2, 0.25) is 0 Å². The van der Waals surface area contributed by atoms with Gasteiger partial charge in [-0.3, -0.25) is 0 Å². The van der Waals surface area contributed by atoms with E-state index in [-0.39, 0.29) is 17.1 Å². The molecular formula is C27H39F2NO. The lowest BCUT2D eigenvalue weighted by Crippen LogP contribution is -2.33. The highest BCUT2D eigenvalue weighted by molar-refractivity contribution is 5.35. The third kappa shape index (κ3) is 8.01. The average Bonchev–Trinajstić information content (AvgIpc) is 2.68. The van der Waals surface area contributed by atoms with Gasteiger partial charge in [-0.2, -0.15) is 0 Å². The average molecular weight is 432 g/mol. The van der Waals surface area contributed by atoms with E-state index in [1.54, 1.807) is 0 Å². The van der Waals surface area contributed by atoms with Gasteiger partial charge >= 0.3 is 0 Å². The third-order valence-corrected chi connectivity index (χ3v) is 5.87. The highest BCUT2D eigenvalue weighted by Crippen LogP contribution is 2.27. The molecule has 0 aliphatic carbocycles. The van der Waals surface area contributed by atoms with Gasteiger partial charge in [-0.05, 0) is 80.4 Å². The van der Waals surface area contributed by atoms with Crippen LogP contribution < -0.4 is 0 Å². The van der Waals surface area contributed by atoms with E-state index in [1.807, 2.05) is 0 Å². The van der Waals surface area contributed by atoms with Crippen LogP contribution in [0.15, 0.2) is 36.4 Å². The number of ether oxygens (including phenoxy) is 1. The largest absolute Gasteiger partial charge is 0.372 e. The van der Waals surface area contributed by atoms with Crippen molar-refractivity contribution in [3.05, 3.63) is 70.3 Å². The summed E-state index contributed by atoms with van der Waals surface area (Å²) in [5.41, 5.74) is 4.10. The molecule has 2 nitrogen and oxygen atoms in total. The first-order chi connectivity index (χ1) is 14.6. The molecule has 2 aromatic rings. The maximum absolute atomic E-state index is 13.9. The van der Waals surface area contributed by atoms with Crippen molar-refractivity contribution >= 4 is 0 Å². The number of halogens is 2. The summed E-state index contributed by atoms with van der Waals surface area (Å²) in [7, 11) is 0. The Morgan fingerprint density at radius 1 is 0.968 bits per heavy atom. The summed E-state index contributed by atoms with van der Waals surface area (Å²) in [4.78, 5) is 2.44. The number of aryl methyl sites for hydroxylation is 2. The van der Waals surface area contributed by atoms with Gasteiger partial charge < -0.3 is 9.64 Å². The zero-order valence-corrected chi connectivity index (χ0v) is 20.1. The van der Waals surface area contributed by atoms with Crippen molar-refractivity contribution in [3.63, 3.8) is 0 Å². The van der Waals surface area contributed by atoms with E-state index in [1.165, 1.54) is 34.9 Å². The third-order valence-electron chi connectivity index (χ3n) is 5.87. The van der Waals surface area contributed by atoms with Gasteiger partial charge in [0.05, 0.1) is 6.10 Å². The lowest BCUT2D eigenvalue weighted by atomic mass is 9.92. The molecule has 0 N–H and O–H groups in total. The Hall–Kier alpha value is -1.78. The highest BCUT2D eigenvalue weighted by Gasteiger charge is 2.21. The first-order valence-electron chi connectivity index (χ1n) is 11.5. The first kappa shape index (κ1) is 25.5. The summed E-state index contributed by atoms with van der Waals surface area (Å²) < 4.78 is 34.2. The number of benzene rings is 2. The number of hydrogen-bond acceptors (Lipinski definition) is 2. The monoisotopic (exact) mass is 431 g/mol. The molecule has 4 heteroatoms. The second-order valence-corrected chi connectivity index (χ2v) is 9.67. The van der Waals surface area contributed by atoms with Gasteiger partial charge in [-0.15, -0.1) is 0 Å². The van der Waals surface area contributed by atoms with Crippen LogP contribution in [0.25, 0.3) is 0 Å². The summed E-state index contributed by atoms with van der Waals surface area (Å²) in [5, 5.41) is 0. The lowest BCUT2D eigenvalue weighted by molar-refractivity contribution is 0.0217. The standard InChI is InChI=1S/C27H39F2NO/c1-7-30(17-16-27(4,5)6)19-25(26-20(2)11-8-12-21(26)3)31-18-10-13-22-23(28)14-9-15-24(22)29/h8-9,11-12,14-15,25H,7,10,13,16-19H2,1-6H3. The van der Waals surface area contributed by atoms with Gasteiger partial charge in [-0.1, -0.05) is 52.0 Å². The number of hydrogen-bond donors (Lipinski definition) is 0. The van der Waals surface area contributed by atoms with Gasteiger partial charge in [0.2, 0.25) is 0 Å². The molecule has 0 radical (unpaired) electrons. The smallest absolute Gasteiger partial charge is 0.129 e. The van der Waals surface area contributed by atoms with Gasteiger partial charge in [0.1, 0.15) is 11.6 Å². The molecule has 1 unspecified atom stereocenters. The van der Waals surface area contributed by atoms with E-state index in [0.717, 1.165) is 26.1 Å². The Morgan fingerprint density at radius 2 is 1.55 bits per heavy atom. The molecule has 172 valence electrons. The summed E-state index contributed by atoms with van der Waals surface area (Å²) in [5.74, 6) is -0.962. The van der Waals surface area contributed by atoms with Crippen molar-refractivity contribution in [3.8, 4) is 0 Å². The van der Waals surface area contributed by atoms with E-state index in [0.29, 0.717) is 19.4 Å². The normalized spacial score (nSPS) is 13.1. The molecule has 2 aromatic carbocycles. The molecule has 31 heavy (non-hydrogen) atoms. The van der Waals surface area contributed by atoms with E-state index in [4.69, 9.17) is 4.74 Å². The summed E-state index contributed by atoms with van der Waals surface area (Å²) in [6, 6.07) is 10.3. The highest BCUT2D eigenvalue weighted by atomic mass is 19.1. The molecule has 0 aliphatic heterocycles. The van der Waals surface area contributed by atoms with Gasteiger partial charge in [0, 0.05) is 18.7 Å². The Bertz CT molecular complexity index is 788. The van der Waals surface area contributed by atoms with E-state index >= 15 is 0 Å². The minimum absolute atomic E-state index is 0.0633. The molecule has 0 bridgehead atoms. The van der Waals surface area contributed by atoms with Gasteiger partial charge in [-0.25, -0.2) is 8.78 Å². The van der Waals surface area contributed by atoms with Crippen LogP contribution in [0.4, 0.5) is 8.78 Å². The van der Waals surface area contributed by atoms with Crippen molar-refractivity contribution < 1.29 is 13.5 Å². The van der Waals surface area contributed by atoms with Crippen molar-refractivity contribution in [2.45, 2.75) is 66.9 Å². The van der Waals surface area contributed by atoms with Crippen molar-refractivity contribution in [2.75, 3.05) is 26.2 Å². The van der Waals surface area contributed by atoms with Crippen LogP contribution in [-0.2, 0) is 11.2 Å². The fourth-order valence-corrected chi connectivity index (χ4v) is 3.91. The van der Waals surface area contributed by atoms with E-state index in [9.17, 15) is 8.78 Å². The Morgan fingerprint density at radius 3 is 2.10 bits per heavy atom. The van der Waals surface area contributed by atoms with Crippen molar-refractivity contribution in [2.24, 2.45) is 5.41 Å². The first-order valence-corrected chi connectivity index (χ1v) is 11.5. The van der Waals surface area contributed by atoms with Crippen LogP contribution in [-0.4, -0.2) is 31.1 Å². The van der Waals surface area contributed by atoms with Crippen molar-refractivity contribution in [1.82, 2.24) is 4.90 Å². The van der Waals surface area contributed by atoms with E-state index < -0.39 is 11.6 Å². The maximum atomic E-state index is 13.9. The molecule has 0 fully saturated rings. The van der Waals surface area contributed by atoms with Crippen LogP contribution in [0.3, 0.4) is 0 Å². The zero-order valence-electron chi connectivity index (χ0n) is 20.1. The Kier molecular flexibility index (Phi) is 9.64. The van der Waals surface area contributed by atoms with Crippen LogP contribution in [0, 0.1) is 30.9 Å². The minimum atomic E-state index is -0.481. The molecular weight excluding hydrogens is 392 g/mol. The molecule has 0 aliphatic rings. The molecule has 0 saturated carbocycles. The molecule has 0 spiro atoms. The Labute approximate surface area is 187 Å². The number of nitrogens with zero attached hydrogens (tertiary/aromatic N) is 1. The second kappa shape index (κ2) is 11.7. The summed E-state index contributed by atoms with van der Waals surface area (Å²) in [6.07, 6.45) is 1.96. The molecule has 1 atom stereocenters. The van der Waals surface area contributed by atoms with Gasteiger partial charge in [0.15, 0.2) is 0 Å². The molecule has 0 saturated heterocycles. The number of likely N-dealkylation sites (N-methyl/N-ethyl adjacent to an activating group) is 1. The summed E-state index contributed by atoms with van der Waals surface area (Å²) in [6.45, 7) is 16.5. The quantitative estimate of drug-likeness (QED) is 0.354.